The molecular weight excluding hydrogens is 290 g/mol. The Morgan fingerprint density at radius 1 is 1.13 bits per heavy atom. The fourth-order valence-electron chi connectivity index (χ4n) is 2.70. The van der Waals surface area contributed by atoms with E-state index in [1.54, 1.807) is 31.2 Å². The zero-order valence-electron chi connectivity index (χ0n) is 12.6. The summed E-state index contributed by atoms with van der Waals surface area (Å²) in [6, 6.07) is 17.7. The summed E-state index contributed by atoms with van der Waals surface area (Å²) < 4.78 is 0. The molecule has 23 heavy (non-hydrogen) atoms. The Balaban J connectivity index is 1.92. The number of nitriles is 1. The van der Waals surface area contributed by atoms with Gasteiger partial charge in [0.15, 0.2) is 0 Å². The Bertz CT molecular complexity index is 811. The number of urea groups is 1. The molecule has 5 nitrogen and oxygen atoms in total. The molecule has 1 N–H and O–H groups in total. The van der Waals surface area contributed by atoms with Gasteiger partial charge in [0.1, 0.15) is 5.54 Å². The number of carbonyl (C=O) groups excluding carboxylic acids is 2. The van der Waals surface area contributed by atoms with Crippen molar-refractivity contribution in [2.24, 2.45) is 0 Å². The van der Waals surface area contributed by atoms with Crippen LogP contribution in [-0.2, 0) is 16.9 Å². The van der Waals surface area contributed by atoms with E-state index in [1.165, 1.54) is 4.90 Å². The average Bonchev–Trinajstić information content (AvgIpc) is 2.80. The van der Waals surface area contributed by atoms with Gasteiger partial charge in [-0.1, -0.05) is 42.5 Å². The first-order valence-electron chi connectivity index (χ1n) is 7.23. The maximum Gasteiger partial charge on any atom is 0.325 e. The van der Waals surface area contributed by atoms with Crippen LogP contribution < -0.4 is 5.32 Å². The van der Waals surface area contributed by atoms with Gasteiger partial charge in [-0.25, -0.2) is 4.79 Å². The summed E-state index contributed by atoms with van der Waals surface area (Å²) in [4.78, 5) is 26.3. The maximum atomic E-state index is 12.8. The van der Waals surface area contributed by atoms with E-state index in [0.717, 1.165) is 5.56 Å². The van der Waals surface area contributed by atoms with Crippen LogP contribution in [-0.4, -0.2) is 16.8 Å². The maximum absolute atomic E-state index is 12.8. The highest BCUT2D eigenvalue weighted by Crippen LogP contribution is 2.30. The number of amides is 3. The van der Waals surface area contributed by atoms with Gasteiger partial charge in [-0.2, -0.15) is 5.26 Å². The van der Waals surface area contributed by atoms with E-state index in [-0.39, 0.29) is 12.5 Å². The number of nitrogens with one attached hydrogen (secondary N) is 1. The number of benzene rings is 2. The van der Waals surface area contributed by atoms with Crippen molar-refractivity contribution in [2.75, 3.05) is 0 Å². The molecule has 2 aromatic rings. The van der Waals surface area contributed by atoms with Crippen LogP contribution in [0.5, 0.6) is 0 Å². The third-order valence-corrected chi connectivity index (χ3v) is 4.03. The molecule has 1 atom stereocenters. The third kappa shape index (κ3) is 2.55. The van der Waals surface area contributed by atoms with Crippen LogP contribution in [0.15, 0.2) is 54.6 Å². The zero-order chi connectivity index (χ0) is 16.4. The van der Waals surface area contributed by atoms with E-state index >= 15 is 0 Å². The van der Waals surface area contributed by atoms with Crippen LogP contribution in [0.25, 0.3) is 0 Å². The summed E-state index contributed by atoms with van der Waals surface area (Å²) in [5.41, 5.74) is 0.780. The molecule has 3 rings (SSSR count). The predicted molar refractivity (Wildman–Crippen MR) is 84.0 cm³/mol. The van der Waals surface area contributed by atoms with Crippen LogP contribution >= 0.6 is 0 Å². The molecule has 1 fully saturated rings. The molecule has 0 aromatic heterocycles. The summed E-state index contributed by atoms with van der Waals surface area (Å²) in [6.45, 7) is 1.88. The van der Waals surface area contributed by atoms with Gasteiger partial charge in [-0.3, -0.25) is 9.69 Å². The molecule has 0 bridgehead atoms. The van der Waals surface area contributed by atoms with Gasteiger partial charge in [0, 0.05) is 0 Å². The highest BCUT2D eigenvalue weighted by molar-refractivity contribution is 6.07. The molecule has 2 aromatic carbocycles. The Kier molecular flexibility index (Phi) is 3.59. The van der Waals surface area contributed by atoms with Crippen molar-refractivity contribution in [3.63, 3.8) is 0 Å². The van der Waals surface area contributed by atoms with Gasteiger partial charge in [-0.05, 0) is 30.2 Å². The first-order valence-corrected chi connectivity index (χ1v) is 7.23. The van der Waals surface area contributed by atoms with Crippen molar-refractivity contribution in [3.05, 3.63) is 71.3 Å². The van der Waals surface area contributed by atoms with E-state index in [1.807, 2.05) is 36.4 Å². The standard InChI is InChI=1S/C18H15N3O2/c1-18(15-9-5-8-14(10-15)11-19)16(22)21(17(23)20-18)12-13-6-3-2-4-7-13/h2-10H,12H2,1H3,(H,20,23)/t18-/m1/s1. The predicted octanol–water partition coefficient (Wildman–Crippen LogP) is 2.53. The van der Waals surface area contributed by atoms with Crippen molar-refractivity contribution in [2.45, 2.75) is 19.0 Å². The van der Waals surface area contributed by atoms with E-state index in [9.17, 15) is 9.59 Å². The summed E-state index contributed by atoms with van der Waals surface area (Å²) in [6.07, 6.45) is 0. The first kappa shape index (κ1) is 14.8. The Labute approximate surface area is 134 Å². The van der Waals surface area contributed by atoms with Crippen LogP contribution in [0.2, 0.25) is 0 Å². The Hall–Kier alpha value is -3.13. The molecule has 0 aliphatic carbocycles. The molecule has 1 aliphatic heterocycles. The van der Waals surface area contributed by atoms with Crippen molar-refractivity contribution < 1.29 is 9.59 Å². The van der Waals surface area contributed by atoms with E-state index < -0.39 is 11.6 Å². The fourth-order valence-corrected chi connectivity index (χ4v) is 2.70. The number of nitrogens with zero attached hydrogens (tertiary/aromatic N) is 2. The number of hydrogen-bond acceptors (Lipinski definition) is 3. The SMILES string of the molecule is C[C@]1(c2cccc(C#N)c2)NC(=O)N(Cc2ccccc2)C1=O. The normalized spacial score (nSPS) is 20.3. The minimum absolute atomic E-state index is 0.221. The van der Waals surface area contributed by atoms with E-state index in [0.29, 0.717) is 11.1 Å². The molecular formula is C18H15N3O2. The second-order valence-corrected chi connectivity index (χ2v) is 5.62. The van der Waals surface area contributed by atoms with Crippen LogP contribution in [0.1, 0.15) is 23.6 Å². The molecule has 1 heterocycles. The summed E-state index contributed by atoms with van der Waals surface area (Å²) in [7, 11) is 0. The number of carbonyl (C=O) groups is 2. The lowest BCUT2D eigenvalue weighted by Gasteiger charge is -2.22. The van der Waals surface area contributed by atoms with Crippen molar-refractivity contribution in [1.29, 1.82) is 5.26 Å². The molecule has 114 valence electrons. The molecule has 5 heteroatoms. The van der Waals surface area contributed by atoms with E-state index in [2.05, 4.69) is 5.32 Å². The average molecular weight is 305 g/mol. The molecule has 3 amide bonds. The minimum Gasteiger partial charge on any atom is -0.319 e. The van der Waals surface area contributed by atoms with Crippen molar-refractivity contribution in [1.82, 2.24) is 10.2 Å². The first-order chi connectivity index (χ1) is 11.0. The van der Waals surface area contributed by atoms with Crippen molar-refractivity contribution >= 4 is 11.9 Å². The third-order valence-electron chi connectivity index (χ3n) is 4.03. The van der Waals surface area contributed by atoms with Gasteiger partial charge in [0.2, 0.25) is 0 Å². The van der Waals surface area contributed by atoms with Crippen LogP contribution in [0.4, 0.5) is 4.79 Å². The van der Waals surface area contributed by atoms with Crippen molar-refractivity contribution in [3.8, 4) is 6.07 Å². The van der Waals surface area contributed by atoms with Gasteiger partial charge >= 0.3 is 6.03 Å². The van der Waals surface area contributed by atoms with Crippen LogP contribution in [0, 0.1) is 11.3 Å². The molecule has 0 spiro atoms. The number of rotatable bonds is 3. The topological polar surface area (TPSA) is 73.2 Å². The lowest BCUT2D eigenvalue weighted by Crippen LogP contribution is -2.40. The van der Waals surface area contributed by atoms with Gasteiger partial charge in [0.25, 0.3) is 5.91 Å². The van der Waals surface area contributed by atoms with Gasteiger partial charge < -0.3 is 5.32 Å². The number of imide groups is 1. The highest BCUT2D eigenvalue weighted by Gasteiger charge is 2.48. The monoisotopic (exact) mass is 305 g/mol. The summed E-state index contributed by atoms with van der Waals surface area (Å²) in [5, 5.41) is 11.8. The highest BCUT2D eigenvalue weighted by atomic mass is 16.2. The second-order valence-electron chi connectivity index (χ2n) is 5.62. The molecule has 0 radical (unpaired) electrons. The minimum atomic E-state index is -1.15. The zero-order valence-corrected chi connectivity index (χ0v) is 12.6. The van der Waals surface area contributed by atoms with Gasteiger partial charge in [0.05, 0.1) is 18.2 Å². The van der Waals surface area contributed by atoms with E-state index in [4.69, 9.17) is 5.26 Å². The molecule has 1 aliphatic rings. The largest absolute Gasteiger partial charge is 0.325 e. The lowest BCUT2D eigenvalue weighted by molar-refractivity contribution is -0.131. The fraction of sp³-hybridized carbons (Fsp3) is 0.167. The van der Waals surface area contributed by atoms with Gasteiger partial charge in [-0.15, -0.1) is 0 Å². The second kappa shape index (κ2) is 5.58. The molecule has 0 saturated carbocycles. The summed E-state index contributed by atoms with van der Waals surface area (Å²) >= 11 is 0. The molecule has 0 unspecified atom stereocenters. The quantitative estimate of drug-likeness (QED) is 0.886. The smallest absolute Gasteiger partial charge is 0.319 e. The Morgan fingerprint density at radius 3 is 2.57 bits per heavy atom. The Morgan fingerprint density at radius 2 is 1.87 bits per heavy atom. The molecule has 1 saturated heterocycles. The number of hydrogen-bond donors (Lipinski definition) is 1. The lowest BCUT2D eigenvalue weighted by atomic mass is 9.91. The van der Waals surface area contributed by atoms with Crippen LogP contribution in [0.3, 0.4) is 0 Å². The summed E-state index contributed by atoms with van der Waals surface area (Å²) in [5.74, 6) is -0.318.